The zero-order valence-corrected chi connectivity index (χ0v) is 22.2. The van der Waals surface area contributed by atoms with Gasteiger partial charge in [0.2, 0.25) is 0 Å². The molecule has 0 spiro atoms. The summed E-state index contributed by atoms with van der Waals surface area (Å²) in [5.41, 5.74) is 0. The van der Waals surface area contributed by atoms with Crippen LogP contribution in [0, 0.1) is 41.4 Å². The van der Waals surface area contributed by atoms with Crippen molar-refractivity contribution in [3.8, 4) is 0 Å². The summed E-state index contributed by atoms with van der Waals surface area (Å²) in [6.45, 7) is 6.96. The molecule has 190 valence electrons. The highest BCUT2D eigenvalue weighted by molar-refractivity contribution is 4.86. The van der Waals surface area contributed by atoms with Gasteiger partial charge in [-0.25, -0.2) is 0 Å². The first-order chi connectivity index (χ1) is 16.2. The van der Waals surface area contributed by atoms with Gasteiger partial charge in [-0.2, -0.15) is 0 Å². The van der Waals surface area contributed by atoms with Crippen molar-refractivity contribution >= 4 is 0 Å². The van der Waals surface area contributed by atoms with E-state index in [4.69, 9.17) is 4.74 Å². The molecule has 0 N–H and O–H groups in total. The molecule has 0 aliphatic heterocycles. The Morgan fingerprint density at radius 3 is 1.30 bits per heavy atom. The first kappa shape index (κ1) is 25.8. The Balaban J connectivity index is 1.07. The van der Waals surface area contributed by atoms with Crippen LogP contribution in [-0.2, 0) is 4.74 Å². The Labute approximate surface area is 206 Å². The third kappa shape index (κ3) is 7.85. The predicted octanol–water partition coefficient (Wildman–Crippen LogP) is 9.75. The van der Waals surface area contributed by atoms with Crippen molar-refractivity contribution in [2.75, 3.05) is 6.61 Å². The molecular weight excluding hydrogens is 400 g/mol. The van der Waals surface area contributed by atoms with Crippen LogP contribution in [0.4, 0.5) is 0 Å². The van der Waals surface area contributed by atoms with Crippen LogP contribution in [0.1, 0.15) is 135 Å². The Bertz CT molecular complexity index is 523. The van der Waals surface area contributed by atoms with Gasteiger partial charge in [0.25, 0.3) is 0 Å². The van der Waals surface area contributed by atoms with Gasteiger partial charge >= 0.3 is 0 Å². The summed E-state index contributed by atoms with van der Waals surface area (Å²) in [7, 11) is 0. The first-order valence-corrected chi connectivity index (χ1v) is 15.5. The quantitative estimate of drug-likeness (QED) is 0.297. The molecule has 33 heavy (non-hydrogen) atoms. The van der Waals surface area contributed by atoms with Gasteiger partial charge in [-0.1, -0.05) is 44.6 Å². The van der Waals surface area contributed by atoms with Gasteiger partial charge in [-0.15, -0.1) is 6.58 Å². The standard InChI is InChI=1S/C32H56O/c1-3-5-6-25-9-15-28(16-10-25)30-19-21-31(22-20-30)29-17-11-26(12-18-29)7-8-27-13-23-32(24-14-27)33-4-2/h3,25-32H,1,4-24H2,2H3. The molecule has 0 amide bonds. The second-order valence-electron chi connectivity index (χ2n) is 12.8. The Morgan fingerprint density at radius 1 is 0.545 bits per heavy atom. The molecule has 0 aromatic rings. The minimum Gasteiger partial charge on any atom is -0.379 e. The SMILES string of the molecule is C=CCCC1CCC(C2CCC(C3CCC(CCC4CCC(OCC)CC4)CC3)CC2)CC1. The lowest BCUT2D eigenvalue weighted by atomic mass is 9.64. The molecule has 4 rings (SSSR count). The number of hydrogen-bond donors (Lipinski definition) is 0. The van der Waals surface area contributed by atoms with Crippen LogP contribution >= 0.6 is 0 Å². The van der Waals surface area contributed by atoms with E-state index in [0.717, 1.165) is 48.0 Å². The second-order valence-corrected chi connectivity index (χ2v) is 12.8. The predicted molar refractivity (Wildman–Crippen MR) is 142 cm³/mol. The molecule has 0 bridgehead atoms. The molecule has 4 aliphatic carbocycles. The van der Waals surface area contributed by atoms with E-state index in [1.165, 1.54) is 77.0 Å². The zero-order chi connectivity index (χ0) is 22.9. The third-order valence-electron chi connectivity index (χ3n) is 10.9. The lowest BCUT2D eigenvalue weighted by molar-refractivity contribution is 0.0236. The van der Waals surface area contributed by atoms with Crippen LogP contribution in [0.5, 0.6) is 0 Å². The van der Waals surface area contributed by atoms with Crippen molar-refractivity contribution in [3.63, 3.8) is 0 Å². The summed E-state index contributed by atoms with van der Waals surface area (Å²) in [6.07, 6.45) is 32.5. The van der Waals surface area contributed by atoms with Crippen molar-refractivity contribution in [2.24, 2.45) is 41.4 Å². The number of ether oxygens (including phenoxy) is 1. The van der Waals surface area contributed by atoms with Gasteiger partial charge in [-0.3, -0.25) is 0 Å². The van der Waals surface area contributed by atoms with Crippen LogP contribution in [0.2, 0.25) is 0 Å². The van der Waals surface area contributed by atoms with Crippen molar-refractivity contribution in [2.45, 2.75) is 141 Å². The molecule has 4 saturated carbocycles. The Kier molecular flexibility index (Phi) is 10.7. The lowest BCUT2D eigenvalue weighted by Crippen LogP contribution is -2.30. The highest BCUT2D eigenvalue weighted by Crippen LogP contribution is 2.47. The van der Waals surface area contributed by atoms with Crippen LogP contribution in [0.3, 0.4) is 0 Å². The van der Waals surface area contributed by atoms with Gasteiger partial charge in [0.05, 0.1) is 6.10 Å². The minimum absolute atomic E-state index is 0.578. The fourth-order valence-electron chi connectivity index (χ4n) is 8.63. The smallest absolute Gasteiger partial charge is 0.0575 e. The maximum absolute atomic E-state index is 5.85. The number of allylic oxidation sites excluding steroid dienone is 1. The molecule has 0 aromatic carbocycles. The van der Waals surface area contributed by atoms with E-state index in [-0.39, 0.29) is 0 Å². The molecule has 1 heteroatoms. The molecule has 0 atom stereocenters. The third-order valence-corrected chi connectivity index (χ3v) is 10.9. The highest BCUT2D eigenvalue weighted by atomic mass is 16.5. The topological polar surface area (TPSA) is 9.23 Å². The molecule has 4 fully saturated rings. The average molecular weight is 457 g/mol. The van der Waals surface area contributed by atoms with Crippen LogP contribution in [0.25, 0.3) is 0 Å². The zero-order valence-electron chi connectivity index (χ0n) is 22.2. The van der Waals surface area contributed by atoms with Gasteiger partial charge < -0.3 is 4.74 Å². The van der Waals surface area contributed by atoms with E-state index in [0.29, 0.717) is 6.10 Å². The van der Waals surface area contributed by atoms with Crippen molar-refractivity contribution in [3.05, 3.63) is 12.7 Å². The monoisotopic (exact) mass is 456 g/mol. The molecule has 1 nitrogen and oxygen atoms in total. The maximum atomic E-state index is 5.85. The van der Waals surface area contributed by atoms with E-state index in [1.54, 1.807) is 51.4 Å². The minimum atomic E-state index is 0.578. The molecule has 0 aromatic heterocycles. The number of hydrogen-bond acceptors (Lipinski definition) is 1. The summed E-state index contributed by atoms with van der Waals surface area (Å²) in [5.74, 6) is 7.39. The second kappa shape index (κ2) is 13.7. The molecule has 4 aliphatic rings. The van der Waals surface area contributed by atoms with E-state index >= 15 is 0 Å². The molecular formula is C32H56O. The fraction of sp³-hybridized carbons (Fsp3) is 0.938. The summed E-state index contributed by atoms with van der Waals surface area (Å²) in [4.78, 5) is 0. The first-order valence-electron chi connectivity index (χ1n) is 15.5. The summed E-state index contributed by atoms with van der Waals surface area (Å²) in [5, 5.41) is 0. The summed E-state index contributed by atoms with van der Waals surface area (Å²) >= 11 is 0. The van der Waals surface area contributed by atoms with Crippen LogP contribution < -0.4 is 0 Å². The van der Waals surface area contributed by atoms with Gasteiger partial charge in [-0.05, 0) is 138 Å². The average Bonchev–Trinajstić information content (AvgIpc) is 2.88. The fourth-order valence-corrected chi connectivity index (χ4v) is 8.63. The van der Waals surface area contributed by atoms with Crippen LogP contribution in [0.15, 0.2) is 12.7 Å². The highest BCUT2D eigenvalue weighted by Gasteiger charge is 2.34. The summed E-state index contributed by atoms with van der Waals surface area (Å²) < 4.78 is 5.85. The van der Waals surface area contributed by atoms with E-state index in [2.05, 4.69) is 19.6 Å². The number of rotatable bonds is 10. The molecule has 0 saturated heterocycles. The maximum Gasteiger partial charge on any atom is 0.0575 e. The largest absolute Gasteiger partial charge is 0.379 e. The van der Waals surface area contributed by atoms with Gasteiger partial charge in [0, 0.05) is 6.61 Å². The van der Waals surface area contributed by atoms with Crippen molar-refractivity contribution in [1.29, 1.82) is 0 Å². The Morgan fingerprint density at radius 2 is 0.909 bits per heavy atom. The molecule has 0 heterocycles. The van der Waals surface area contributed by atoms with Crippen LogP contribution in [-0.4, -0.2) is 12.7 Å². The van der Waals surface area contributed by atoms with Gasteiger partial charge in [0.1, 0.15) is 0 Å². The van der Waals surface area contributed by atoms with E-state index in [9.17, 15) is 0 Å². The normalized spacial score (nSPS) is 40.4. The van der Waals surface area contributed by atoms with Crippen molar-refractivity contribution < 1.29 is 4.74 Å². The van der Waals surface area contributed by atoms with Crippen molar-refractivity contribution in [1.82, 2.24) is 0 Å². The summed E-state index contributed by atoms with van der Waals surface area (Å²) in [6, 6.07) is 0. The Hall–Kier alpha value is -0.300. The van der Waals surface area contributed by atoms with E-state index < -0.39 is 0 Å². The molecule has 0 unspecified atom stereocenters. The van der Waals surface area contributed by atoms with Gasteiger partial charge in [0.15, 0.2) is 0 Å². The molecule has 0 radical (unpaired) electrons. The lowest BCUT2D eigenvalue weighted by Gasteiger charge is -2.41. The van der Waals surface area contributed by atoms with E-state index in [1.807, 2.05) is 0 Å².